The molecule has 0 N–H and O–H groups in total. The molecule has 0 aliphatic carbocycles. The van der Waals surface area contributed by atoms with Gasteiger partial charge in [-0.15, -0.1) is 0 Å². The summed E-state index contributed by atoms with van der Waals surface area (Å²) in [5.74, 6) is 0.330. The molecule has 2 atom stereocenters. The third-order valence-corrected chi connectivity index (χ3v) is 5.25. The van der Waals surface area contributed by atoms with Gasteiger partial charge >= 0.3 is 5.97 Å². The number of ether oxygens (including phenoxy) is 3. The first kappa shape index (κ1) is 21.3. The van der Waals surface area contributed by atoms with Gasteiger partial charge in [-0.3, -0.25) is 4.90 Å². The molecule has 5 nitrogen and oxygen atoms in total. The maximum Gasteiger partial charge on any atom is 0.343 e. The Morgan fingerprint density at radius 3 is 2.45 bits per heavy atom. The fourth-order valence-corrected chi connectivity index (χ4v) is 3.50. The number of benzene rings is 2. The molecule has 0 unspecified atom stereocenters. The van der Waals surface area contributed by atoms with Crippen molar-refractivity contribution in [1.82, 2.24) is 4.90 Å². The minimum atomic E-state index is -0.386. The van der Waals surface area contributed by atoms with Crippen molar-refractivity contribution in [2.24, 2.45) is 5.41 Å². The first-order valence-electron chi connectivity index (χ1n) is 10.1. The lowest BCUT2D eigenvalue weighted by molar-refractivity contribution is -0.142. The second-order valence-corrected chi connectivity index (χ2v) is 8.56. The molecular formula is C24H31NO4. The summed E-state index contributed by atoms with van der Waals surface area (Å²) in [4.78, 5) is 13.9. The summed E-state index contributed by atoms with van der Waals surface area (Å²) in [5, 5.41) is 0. The van der Waals surface area contributed by atoms with E-state index in [1.54, 1.807) is 0 Å². The van der Waals surface area contributed by atoms with Gasteiger partial charge in [0, 0.05) is 25.2 Å². The zero-order valence-corrected chi connectivity index (χ0v) is 17.8. The van der Waals surface area contributed by atoms with Crippen LogP contribution in [0.4, 0.5) is 0 Å². The molecule has 0 spiro atoms. The van der Waals surface area contributed by atoms with E-state index in [1.165, 1.54) is 12.7 Å². The molecule has 1 heterocycles. The van der Waals surface area contributed by atoms with Gasteiger partial charge in [0.15, 0.2) is 6.61 Å². The van der Waals surface area contributed by atoms with Crippen LogP contribution in [0.1, 0.15) is 38.0 Å². The number of rotatable bonds is 6. The summed E-state index contributed by atoms with van der Waals surface area (Å²) >= 11 is 0. The Bertz CT molecular complexity index is 800. The Kier molecular flexibility index (Phi) is 6.93. The van der Waals surface area contributed by atoms with Gasteiger partial charge in [0.1, 0.15) is 5.75 Å². The highest BCUT2D eigenvalue weighted by molar-refractivity contribution is 5.70. The summed E-state index contributed by atoms with van der Waals surface area (Å²) in [7, 11) is 1.36. The van der Waals surface area contributed by atoms with Crippen molar-refractivity contribution in [3.05, 3.63) is 65.7 Å². The molecule has 1 saturated heterocycles. The van der Waals surface area contributed by atoms with Crippen molar-refractivity contribution >= 4 is 5.97 Å². The highest BCUT2D eigenvalue weighted by atomic mass is 16.6. The van der Waals surface area contributed by atoms with Gasteiger partial charge in [-0.2, -0.15) is 0 Å². The maximum absolute atomic E-state index is 11.5. The monoisotopic (exact) mass is 397 g/mol. The van der Waals surface area contributed by atoms with Crippen molar-refractivity contribution < 1.29 is 19.0 Å². The Morgan fingerprint density at radius 2 is 1.76 bits per heavy atom. The van der Waals surface area contributed by atoms with Crippen LogP contribution in [-0.2, 0) is 20.8 Å². The Labute approximate surface area is 173 Å². The first-order valence-corrected chi connectivity index (χ1v) is 10.1. The minimum Gasteiger partial charge on any atom is -0.482 e. The molecule has 0 saturated carbocycles. The molecule has 29 heavy (non-hydrogen) atoms. The third-order valence-electron chi connectivity index (χ3n) is 5.25. The minimum absolute atomic E-state index is 0.0253. The standard InChI is InChI=1S/C24H31NO4/c1-24(2,3)22-16-25(15-21(29-22)18-10-6-5-7-11-18)14-19-12-8-9-13-20(19)28-17-23(26)27-4/h5-13,21-22H,14-17H2,1-4H3/t21-,22+/m0/s1. The van der Waals surface area contributed by atoms with Crippen molar-refractivity contribution in [3.63, 3.8) is 0 Å². The zero-order chi connectivity index (χ0) is 20.9. The van der Waals surface area contributed by atoms with Gasteiger partial charge < -0.3 is 14.2 Å². The van der Waals surface area contributed by atoms with Crippen LogP contribution in [0.15, 0.2) is 54.6 Å². The van der Waals surface area contributed by atoms with E-state index in [1.807, 2.05) is 30.3 Å². The predicted octanol–water partition coefficient (Wildman–Crippen LogP) is 4.23. The normalized spacial score (nSPS) is 20.3. The van der Waals surface area contributed by atoms with Crippen LogP contribution in [0, 0.1) is 5.41 Å². The lowest BCUT2D eigenvalue weighted by atomic mass is 9.87. The number of hydrogen-bond donors (Lipinski definition) is 0. The summed E-state index contributed by atoms with van der Waals surface area (Å²) in [5.41, 5.74) is 2.28. The number of methoxy groups -OCH3 is 1. The number of carbonyl (C=O) groups is 1. The summed E-state index contributed by atoms with van der Waals surface area (Å²) in [6.07, 6.45) is 0.141. The van der Waals surface area contributed by atoms with Crippen molar-refractivity contribution in [2.75, 3.05) is 26.8 Å². The molecule has 1 fully saturated rings. The molecule has 1 aliphatic heterocycles. The molecule has 0 bridgehead atoms. The van der Waals surface area contributed by atoms with Crippen LogP contribution >= 0.6 is 0 Å². The van der Waals surface area contributed by atoms with E-state index in [9.17, 15) is 4.79 Å². The molecule has 3 rings (SSSR count). The van der Waals surface area contributed by atoms with E-state index < -0.39 is 0 Å². The predicted molar refractivity (Wildman–Crippen MR) is 113 cm³/mol. The van der Waals surface area contributed by atoms with Gasteiger partial charge in [-0.25, -0.2) is 4.79 Å². The quantitative estimate of drug-likeness (QED) is 0.683. The molecule has 0 amide bonds. The number of esters is 1. The summed E-state index contributed by atoms with van der Waals surface area (Å²) in [6.45, 7) is 8.95. The number of hydrogen-bond acceptors (Lipinski definition) is 5. The highest BCUT2D eigenvalue weighted by Gasteiger charge is 2.35. The molecule has 2 aromatic rings. The largest absolute Gasteiger partial charge is 0.482 e. The molecule has 156 valence electrons. The van der Waals surface area contributed by atoms with Gasteiger partial charge in [-0.05, 0) is 17.0 Å². The van der Waals surface area contributed by atoms with Crippen LogP contribution in [0.2, 0.25) is 0 Å². The molecule has 0 radical (unpaired) electrons. The number of morpholine rings is 1. The number of nitrogens with zero attached hydrogens (tertiary/aromatic N) is 1. The van der Waals surface area contributed by atoms with Crippen molar-refractivity contribution in [1.29, 1.82) is 0 Å². The zero-order valence-electron chi connectivity index (χ0n) is 17.8. The Hall–Kier alpha value is -2.37. The molecular weight excluding hydrogens is 366 g/mol. The van der Waals surface area contributed by atoms with E-state index in [0.29, 0.717) is 5.75 Å². The second kappa shape index (κ2) is 9.42. The summed E-state index contributed by atoms with van der Waals surface area (Å²) < 4.78 is 16.9. The van der Waals surface area contributed by atoms with Crippen molar-refractivity contribution in [3.8, 4) is 5.75 Å². The lowest BCUT2D eigenvalue weighted by Crippen LogP contribution is -2.48. The number of para-hydroxylation sites is 1. The summed E-state index contributed by atoms with van der Waals surface area (Å²) in [6, 6.07) is 18.2. The fourth-order valence-electron chi connectivity index (χ4n) is 3.50. The van der Waals surface area contributed by atoms with E-state index in [0.717, 1.165) is 25.2 Å². The van der Waals surface area contributed by atoms with Crippen LogP contribution in [-0.4, -0.2) is 43.8 Å². The Balaban J connectivity index is 1.78. The van der Waals surface area contributed by atoms with E-state index in [2.05, 4.69) is 54.7 Å². The van der Waals surface area contributed by atoms with Crippen LogP contribution in [0.5, 0.6) is 5.75 Å². The van der Waals surface area contributed by atoms with Gasteiger partial charge in [-0.1, -0.05) is 69.3 Å². The van der Waals surface area contributed by atoms with Gasteiger partial charge in [0.25, 0.3) is 0 Å². The smallest absolute Gasteiger partial charge is 0.343 e. The fraction of sp³-hybridized carbons (Fsp3) is 0.458. The molecule has 1 aliphatic rings. The molecule has 5 heteroatoms. The van der Waals surface area contributed by atoms with E-state index in [-0.39, 0.29) is 30.2 Å². The number of carbonyl (C=O) groups excluding carboxylic acids is 1. The van der Waals surface area contributed by atoms with Gasteiger partial charge in [0.2, 0.25) is 0 Å². The average molecular weight is 398 g/mol. The molecule has 0 aromatic heterocycles. The SMILES string of the molecule is COC(=O)COc1ccccc1CN1C[C@@H](c2ccccc2)O[C@@H](C(C)(C)C)C1. The van der Waals surface area contributed by atoms with Crippen LogP contribution in [0.25, 0.3) is 0 Å². The average Bonchev–Trinajstić information content (AvgIpc) is 2.72. The molecule has 2 aromatic carbocycles. The third kappa shape index (κ3) is 5.81. The maximum atomic E-state index is 11.5. The van der Waals surface area contributed by atoms with Crippen molar-refractivity contribution in [2.45, 2.75) is 39.5 Å². The first-order chi connectivity index (χ1) is 13.9. The lowest BCUT2D eigenvalue weighted by Gasteiger charge is -2.43. The van der Waals surface area contributed by atoms with E-state index in [4.69, 9.17) is 9.47 Å². The second-order valence-electron chi connectivity index (χ2n) is 8.56. The topological polar surface area (TPSA) is 48.0 Å². The van der Waals surface area contributed by atoms with E-state index >= 15 is 0 Å². The Morgan fingerprint density at radius 1 is 1.07 bits per heavy atom. The van der Waals surface area contributed by atoms with Gasteiger partial charge in [0.05, 0.1) is 19.3 Å². The highest BCUT2D eigenvalue weighted by Crippen LogP contribution is 2.34. The van der Waals surface area contributed by atoms with Crippen LogP contribution < -0.4 is 4.74 Å². The van der Waals surface area contributed by atoms with Crippen LogP contribution in [0.3, 0.4) is 0 Å².